The Balaban J connectivity index is 3.70. The average Bonchev–Trinajstić information content (AvgIpc) is 2.32. The van der Waals surface area contributed by atoms with Gasteiger partial charge in [0.25, 0.3) is 0 Å². The maximum atomic E-state index is 11.2. The lowest BCUT2D eigenvalue weighted by atomic mass is 10.5. The lowest BCUT2D eigenvalue weighted by molar-refractivity contribution is -0.139. The third kappa shape index (κ3) is 7.41. The first-order valence-electron chi connectivity index (χ1n) is 5.12. The van der Waals surface area contributed by atoms with Crippen LogP contribution in [-0.4, -0.2) is 51.0 Å². The van der Waals surface area contributed by atoms with Gasteiger partial charge in [-0.25, -0.2) is 13.2 Å². The number of carbonyl (C=O) groups excluding carboxylic acids is 2. The Morgan fingerprint density at radius 2 is 1.89 bits per heavy atom. The summed E-state index contributed by atoms with van der Waals surface area (Å²) < 4.78 is 32.0. The summed E-state index contributed by atoms with van der Waals surface area (Å²) in [6, 6.07) is 0. The van der Waals surface area contributed by atoms with E-state index in [1.807, 2.05) is 0 Å². The van der Waals surface area contributed by atoms with Crippen LogP contribution in [0.1, 0.15) is 6.42 Å². The molecule has 0 N–H and O–H groups in total. The third-order valence-corrected chi connectivity index (χ3v) is 3.83. The number of alkyl halides is 1. The van der Waals surface area contributed by atoms with E-state index in [4.69, 9.17) is 16.3 Å². The molecule has 0 aromatic heterocycles. The third-order valence-electron chi connectivity index (χ3n) is 1.78. The SMILES string of the molecule is C=CC(=O)OCCOCCC(=O)S(=O)(=O)CCCl. The zero-order valence-corrected chi connectivity index (χ0v) is 11.3. The average molecular weight is 299 g/mol. The van der Waals surface area contributed by atoms with E-state index >= 15 is 0 Å². The molecule has 8 heteroatoms. The number of hydrogen-bond acceptors (Lipinski definition) is 6. The van der Waals surface area contributed by atoms with E-state index < -0.39 is 20.9 Å². The number of rotatable bonds is 9. The topological polar surface area (TPSA) is 86.7 Å². The molecule has 0 heterocycles. The fraction of sp³-hybridized carbons (Fsp3) is 0.600. The van der Waals surface area contributed by atoms with Crippen molar-refractivity contribution in [2.24, 2.45) is 0 Å². The van der Waals surface area contributed by atoms with E-state index in [0.29, 0.717) is 0 Å². The summed E-state index contributed by atoms with van der Waals surface area (Å²) in [6.45, 7) is 3.26. The van der Waals surface area contributed by atoms with Gasteiger partial charge in [0.1, 0.15) is 6.61 Å². The van der Waals surface area contributed by atoms with Crippen molar-refractivity contribution in [3.05, 3.63) is 12.7 Å². The van der Waals surface area contributed by atoms with Crippen LogP contribution in [0, 0.1) is 0 Å². The molecular formula is C10H15ClO6S. The first kappa shape index (κ1) is 17.1. The van der Waals surface area contributed by atoms with E-state index in [2.05, 4.69) is 11.3 Å². The van der Waals surface area contributed by atoms with Gasteiger partial charge in [-0.1, -0.05) is 6.58 Å². The second-order valence-electron chi connectivity index (χ2n) is 3.11. The van der Waals surface area contributed by atoms with Crippen molar-refractivity contribution in [2.45, 2.75) is 6.42 Å². The highest BCUT2D eigenvalue weighted by Gasteiger charge is 2.20. The van der Waals surface area contributed by atoms with E-state index in [0.717, 1.165) is 6.08 Å². The second-order valence-corrected chi connectivity index (χ2v) is 5.58. The van der Waals surface area contributed by atoms with Crippen LogP contribution in [0.5, 0.6) is 0 Å². The van der Waals surface area contributed by atoms with Crippen molar-refractivity contribution in [2.75, 3.05) is 31.5 Å². The van der Waals surface area contributed by atoms with E-state index in [9.17, 15) is 18.0 Å². The van der Waals surface area contributed by atoms with Crippen LogP contribution < -0.4 is 0 Å². The Hall–Kier alpha value is -0.920. The van der Waals surface area contributed by atoms with Gasteiger partial charge in [0, 0.05) is 18.4 Å². The van der Waals surface area contributed by atoms with E-state index in [-0.39, 0.29) is 37.9 Å². The van der Waals surface area contributed by atoms with Crippen LogP contribution in [0.25, 0.3) is 0 Å². The monoisotopic (exact) mass is 298 g/mol. The Labute approximate surface area is 111 Å². The van der Waals surface area contributed by atoms with Gasteiger partial charge in [0.05, 0.1) is 19.0 Å². The molecule has 0 saturated heterocycles. The summed E-state index contributed by atoms with van der Waals surface area (Å²) in [5, 5.41) is -0.897. The molecule has 0 radical (unpaired) electrons. The molecule has 0 atom stereocenters. The molecule has 0 aliphatic heterocycles. The summed E-state index contributed by atoms with van der Waals surface area (Å²) >= 11 is 5.26. The molecule has 0 aliphatic carbocycles. The Bertz CT molecular complexity index is 389. The standard InChI is InChI=1S/C10H15ClO6S/c1-2-9(12)17-7-6-16-5-3-10(13)18(14,15)8-4-11/h2H,1,3-8H2. The van der Waals surface area contributed by atoms with Crippen molar-refractivity contribution in [1.82, 2.24) is 0 Å². The highest BCUT2D eigenvalue weighted by atomic mass is 35.5. The molecule has 0 aromatic carbocycles. The van der Waals surface area contributed by atoms with Gasteiger partial charge < -0.3 is 9.47 Å². The Kier molecular flexibility index (Phi) is 8.61. The molecule has 0 unspecified atom stereocenters. The van der Waals surface area contributed by atoms with Crippen LogP contribution in [0.4, 0.5) is 0 Å². The summed E-state index contributed by atoms with van der Waals surface area (Å²) in [6.07, 6.45) is 0.775. The van der Waals surface area contributed by atoms with Crippen LogP contribution in [-0.2, 0) is 28.9 Å². The van der Waals surface area contributed by atoms with Crippen molar-refractivity contribution >= 4 is 32.5 Å². The molecule has 0 saturated carbocycles. The minimum atomic E-state index is -3.77. The maximum absolute atomic E-state index is 11.2. The Morgan fingerprint density at radius 1 is 1.22 bits per heavy atom. The molecule has 6 nitrogen and oxygen atoms in total. The maximum Gasteiger partial charge on any atom is 0.330 e. The first-order chi connectivity index (χ1) is 8.44. The minimum absolute atomic E-state index is 0.0213. The van der Waals surface area contributed by atoms with Crippen LogP contribution in [0.2, 0.25) is 0 Å². The number of hydrogen-bond donors (Lipinski definition) is 0. The molecule has 18 heavy (non-hydrogen) atoms. The van der Waals surface area contributed by atoms with Crippen molar-refractivity contribution in [3.8, 4) is 0 Å². The summed E-state index contributed by atoms with van der Waals surface area (Å²) in [4.78, 5) is 21.8. The highest BCUT2D eigenvalue weighted by molar-refractivity contribution is 8.06. The summed E-state index contributed by atoms with van der Waals surface area (Å²) in [5.74, 6) is -1.06. The molecule has 0 amide bonds. The minimum Gasteiger partial charge on any atom is -0.460 e. The zero-order chi connectivity index (χ0) is 14.0. The van der Waals surface area contributed by atoms with Crippen molar-refractivity contribution in [1.29, 1.82) is 0 Å². The summed E-state index contributed by atoms with van der Waals surface area (Å²) in [7, 11) is -3.77. The molecular weight excluding hydrogens is 284 g/mol. The number of ether oxygens (including phenoxy) is 2. The second kappa shape index (κ2) is 9.07. The van der Waals surface area contributed by atoms with Crippen molar-refractivity contribution < 1.29 is 27.5 Å². The largest absolute Gasteiger partial charge is 0.460 e. The molecule has 0 aromatic rings. The van der Waals surface area contributed by atoms with Crippen LogP contribution in [0.15, 0.2) is 12.7 Å². The van der Waals surface area contributed by atoms with Crippen LogP contribution in [0.3, 0.4) is 0 Å². The first-order valence-corrected chi connectivity index (χ1v) is 7.31. The quantitative estimate of drug-likeness (QED) is 0.263. The number of carbonyl (C=O) groups is 2. The molecule has 104 valence electrons. The number of halogens is 1. The molecule has 0 bridgehead atoms. The lowest BCUT2D eigenvalue weighted by Gasteiger charge is -2.04. The van der Waals surface area contributed by atoms with Gasteiger partial charge in [-0.3, -0.25) is 4.79 Å². The van der Waals surface area contributed by atoms with Crippen molar-refractivity contribution in [3.63, 3.8) is 0 Å². The lowest BCUT2D eigenvalue weighted by Crippen LogP contribution is -2.21. The van der Waals surface area contributed by atoms with Gasteiger partial charge >= 0.3 is 5.97 Å². The van der Waals surface area contributed by atoms with Gasteiger partial charge in [0.2, 0.25) is 15.0 Å². The van der Waals surface area contributed by atoms with Crippen LogP contribution >= 0.6 is 11.6 Å². The molecule has 0 aliphatic rings. The fourth-order valence-corrected chi connectivity index (χ4v) is 2.32. The molecule has 0 spiro atoms. The normalized spacial score (nSPS) is 10.9. The van der Waals surface area contributed by atoms with E-state index in [1.165, 1.54) is 0 Å². The highest BCUT2D eigenvalue weighted by Crippen LogP contribution is 1.99. The van der Waals surface area contributed by atoms with Gasteiger partial charge in [0.15, 0.2) is 0 Å². The zero-order valence-electron chi connectivity index (χ0n) is 9.76. The van der Waals surface area contributed by atoms with Gasteiger partial charge in [-0.05, 0) is 0 Å². The van der Waals surface area contributed by atoms with E-state index in [1.54, 1.807) is 0 Å². The molecule has 0 rings (SSSR count). The summed E-state index contributed by atoms with van der Waals surface area (Å²) in [5.41, 5.74) is 0. The molecule has 0 fully saturated rings. The van der Waals surface area contributed by atoms with Gasteiger partial charge in [-0.15, -0.1) is 11.6 Å². The number of esters is 1. The Morgan fingerprint density at radius 3 is 2.44 bits per heavy atom. The van der Waals surface area contributed by atoms with Gasteiger partial charge in [-0.2, -0.15) is 0 Å². The number of sulfone groups is 1. The predicted molar refractivity (Wildman–Crippen MR) is 66.1 cm³/mol. The predicted octanol–water partition coefficient (Wildman–Crippen LogP) is 0.302. The fourth-order valence-electron chi connectivity index (χ4n) is 0.889. The smallest absolute Gasteiger partial charge is 0.330 e.